The predicted octanol–water partition coefficient (Wildman–Crippen LogP) is 3.46. The topological polar surface area (TPSA) is 9.23 Å². The van der Waals surface area contributed by atoms with Gasteiger partial charge in [0.2, 0.25) is 0 Å². The van der Waals surface area contributed by atoms with E-state index in [0.29, 0.717) is 5.92 Å². The first-order chi connectivity index (χ1) is 5.72. The van der Waals surface area contributed by atoms with E-state index in [1.807, 2.05) is 0 Å². The monoisotopic (exact) mass is 192 g/mol. The lowest BCUT2D eigenvalue weighted by molar-refractivity contribution is 0.119. The molecule has 74 valence electrons. The van der Waals surface area contributed by atoms with Gasteiger partial charge in [-0.25, -0.2) is 0 Å². The molecule has 0 fully saturated rings. The quantitative estimate of drug-likeness (QED) is 0.444. The summed E-state index contributed by atoms with van der Waals surface area (Å²) in [5, 5.41) is 0.278. The first kappa shape index (κ1) is 12.2. The zero-order chi connectivity index (χ0) is 9.40. The zero-order valence-corrected chi connectivity index (χ0v) is 9.23. The molecule has 0 radical (unpaired) electrons. The fraction of sp³-hybridized carbons (Fsp3) is 1.00. The molecule has 0 heterocycles. The summed E-state index contributed by atoms with van der Waals surface area (Å²) >= 11 is 6.00. The molecule has 0 aliphatic heterocycles. The maximum absolute atomic E-state index is 6.00. The highest BCUT2D eigenvalue weighted by Crippen LogP contribution is 2.17. The second-order valence-electron chi connectivity index (χ2n) is 3.25. The van der Waals surface area contributed by atoms with Gasteiger partial charge in [-0.3, -0.25) is 0 Å². The van der Waals surface area contributed by atoms with Crippen molar-refractivity contribution in [3.63, 3.8) is 0 Å². The molecule has 12 heavy (non-hydrogen) atoms. The fourth-order valence-corrected chi connectivity index (χ4v) is 1.54. The highest BCUT2D eigenvalue weighted by atomic mass is 35.5. The molecular formula is C10H21ClO. The Kier molecular flexibility index (Phi) is 8.04. The molecule has 0 bridgehead atoms. The summed E-state index contributed by atoms with van der Waals surface area (Å²) in [6.45, 7) is 8.12. The lowest BCUT2D eigenvalue weighted by Crippen LogP contribution is -2.13. The van der Waals surface area contributed by atoms with E-state index >= 15 is 0 Å². The van der Waals surface area contributed by atoms with Crippen LogP contribution in [0.3, 0.4) is 0 Å². The molecule has 0 aliphatic carbocycles. The molecule has 0 spiro atoms. The van der Waals surface area contributed by atoms with E-state index in [2.05, 4.69) is 20.8 Å². The van der Waals surface area contributed by atoms with Crippen LogP contribution in [-0.4, -0.2) is 18.6 Å². The Labute approximate surface area is 81.4 Å². The number of alkyl halides is 1. The van der Waals surface area contributed by atoms with Crippen LogP contribution in [0.15, 0.2) is 0 Å². The lowest BCUT2D eigenvalue weighted by Gasteiger charge is -2.16. The first-order valence-electron chi connectivity index (χ1n) is 4.94. The van der Waals surface area contributed by atoms with Gasteiger partial charge < -0.3 is 4.74 Å². The number of rotatable bonds is 7. The highest BCUT2D eigenvalue weighted by molar-refractivity contribution is 6.20. The Hall–Kier alpha value is 0.250. The van der Waals surface area contributed by atoms with Gasteiger partial charge in [-0.05, 0) is 25.7 Å². The normalized spacial score (nSPS) is 16.0. The van der Waals surface area contributed by atoms with Crippen LogP contribution in [0, 0.1) is 5.92 Å². The molecular weight excluding hydrogens is 172 g/mol. The molecule has 2 atom stereocenters. The van der Waals surface area contributed by atoms with Crippen molar-refractivity contribution in [1.82, 2.24) is 0 Å². The van der Waals surface area contributed by atoms with Crippen molar-refractivity contribution in [3.05, 3.63) is 0 Å². The van der Waals surface area contributed by atoms with Gasteiger partial charge in [-0.2, -0.15) is 0 Å². The molecule has 0 aliphatic rings. The second kappa shape index (κ2) is 7.88. The van der Waals surface area contributed by atoms with Crippen molar-refractivity contribution in [3.8, 4) is 0 Å². The summed E-state index contributed by atoms with van der Waals surface area (Å²) in [4.78, 5) is 0. The van der Waals surface area contributed by atoms with Gasteiger partial charge in [0.15, 0.2) is 0 Å². The summed E-state index contributed by atoms with van der Waals surface area (Å²) in [6.07, 6.45) is 3.36. The molecule has 0 aromatic carbocycles. The van der Waals surface area contributed by atoms with E-state index in [0.717, 1.165) is 32.5 Å². The average Bonchev–Trinajstić information content (AvgIpc) is 2.04. The van der Waals surface area contributed by atoms with Crippen molar-refractivity contribution in [2.24, 2.45) is 5.92 Å². The molecule has 0 N–H and O–H groups in total. The van der Waals surface area contributed by atoms with Crippen LogP contribution in [-0.2, 0) is 4.74 Å². The minimum Gasteiger partial charge on any atom is -0.381 e. The summed E-state index contributed by atoms with van der Waals surface area (Å²) in [6, 6.07) is 0. The number of halogens is 1. The summed E-state index contributed by atoms with van der Waals surface area (Å²) in [7, 11) is 0. The minimum atomic E-state index is 0.278. The van der Waals surface area contributed by atoms with Crippen LogP contribution >= 0.6 is 11.6 Å². The van der Waals surface area contributed by atoms with Crippen LogP contribution in [0.4, 0.5) is 0 Å². The maximum atomic E-state index is 6.00. The van der Waals surface area contributed by atoms with Crippen molar-refractivity contribution < 1.29 is 4.74 Å². The molecule has 1 nitrogen and oxygen atoms in total. The molecule has 2 heteroatoms. The standard InChI is InChI=1S/C10H21ClO/c1-4-7-12-8-6-10(5-2)9(3)11/h9-10H,4-8H2,1-3H3. The number of ether oxygens (including phenoxy) is 1. The van der Waals surface area contributed by atoms with Crippen molar-refractivity contribution in [2.75, 3.05) is 13.2 Å². The molecule has 0 aromatic rings. The van der Waals surface area contributed by atoms with Crippen molar-refractivity contribution in [2.45, 2.75) is 45.4 Å². The Bertz CT molecular complexity index is 93.8. The maximum Gasteiger partial charge on any atom is 0.0469 e. The summed E-state index contributed by atoms with van der Waals surface area (Å²) < 4.78 is 5.41. The second-order valence-corrected chi connectivity index (χ2v) is 3.94. The van der Waals surface area contributed by atoms with E-state index in [1.165, 1.54) is 0 Å². The lowest BCUT2D eigenvalue weighted by atomic mass is 10.00. The third kappa shape index (κ3) is 5.84. The van der Waals surface area contributed by atoms with Gasteiger partial charge in [0.1, 0.15) is 0 Å². The van der Waals surface area contributed by atoms with Crippen LogP contribution in [0.25, 0.3) is 0 Å². The third-order valence-electron chi connectivity index (χ3n) is 2.16. The Balaban J connectivity index is 3.32. The fourth-order valence-electron chi connectivity index (χ4n) is 1.24. The van der Waals surface area contributed by atoms with Gasteiger partial charge in [-0.1, -0.05) is 20.3 Å². The van der Waals surface area contributed by atoms with E-state index in [9.17, 15) is 0 Å². The van der Waals surface area contributed by atoms with Gasteiger partial charge in [0, 0.05) is 18.6 Å². The van der Waals surface area contributed by atoms with Crippen LogP contribution in [0.1, 0.15) is 40.0 Å². The van der Waals surface area contributed by atoms with Crippen molar-refractivity contribution >= 4 is 11.6 Å². The molecule has 0 aromatic heterocycles. The zero-order valence-electron chi connectivity index (χ0n) is 8.48. The van der Waals surface area contributed by atoms with E-state index in [4.69, 9.17) is 16.3 Å². The van der Waals surface area contributed by atoms with Crippen LogP contribution < -0.4 is 0 Å². The smallest absolute Gasteiger partial charge is 0.0469 e. The SMILES string of the molecule is CCCOCCC(CC)C(C)Cl. The van der Waals surface area contributed by atoms with Crippen LogP contribution in [0.2, 0.25) is 0 Å². The molecule has 2 unspecified atom stereocenters. The molecule has 0 rings (SSSR count). The molecule has 0 saturated carbocycles. The Morgan fingerprint density at radius 2 is 1.92 bits per heavy atom. The Morgan fingerprint density at radius 3 is 2.33 bits per heavy atom. The van der Waals surface area contributed by atoms with E-state index in [1.54, 1.807) is 0 Å². The average molecular weight is 193 g/mol. The number of hydrogen-bond donors (Lipinski definition) is 0. The molecule has 0 amide bonds. The molecule has 0 saturated heterocycles. The van der Waals surface area contributed by atoms with Crippen LogP contribution in [0.5, 0.6) is 0 Å². The van der Waals surface area contributed by atoms with Gasteiger partial charge in [-0.15, -0.1) is 11.6 Å². The van der Waals surface area contributed by atoms with Gasteiger partial charge in [0.25, 0.3) is 0 Å². The van der Waals surface area contributed by atoms with E-state index in [-0.39, 0.29) is 5.38 Å². The summed E-state index contributed by atoms with van der Waals surface area (Å²) in [5.41, 5.74) is 0. The van der Waals surface area contributed by atoms with Gasteiger partial charge >= 0.3 is 0 Å². The largest absolute Gasteiger partial charge is 0.381 e. The first-order valence-corrected chi connectivity index (χ1v) is 5.37. The van der Waals surface area contributed by atoms with Crippen molar-refractivity contribution in [1.29, 1.82) is 0 Å². The van der Waals surface area contributed by atoms with E-state index < -0.39 is 0 Å². The summed E-state index contributed by atoms with van der Waals surface area (Å²) in [5.74, 6) is 0.614. The Morgan fingerprint density at radius 1 is 1.25 bits per heavy atom. The van der Waals surface area contributed by atoms with Gasteiger partial charge in [0.05, 0.1) is 0 Å². The predicted molar refractivity (Wildman–Crippen MR) is 54.8 cm³/mol. The number of hydrogen-bond acceptors (Lipinski definition) is 1. The minimum absolute atomic E-state index is 0.278. The third-order valence-corrected chi connectivity index (χ3v) is 2.51. The highest BCUT2D eigenvalue weighted by Gasteiger charge is 2.11.